The Morgan fingerprint density at radius 2 is 1.66 bits per heavy atom. The van der Waals surface area contributed by atoms with Crippen molar-refractivity contribution in [2.24, 2.45) is 0 Å². The molecule has 1 heterocycles. The van der Waals surface area contributed by atoms with Crippen LogP contribution < -0.4 is 19.1 Å². The van der Waals surface area contributed by atoms with E-state index < -0.39 is 88.1 Å². The van der Waals surface area contributed by atoms with E-state index in [4.69, 9.17) is 4.74 Å². The quantitative estimate of drug-likeness (QED) is 0.295. The lowest BCUT2D eigenvalue weighted by Gasteiger charge is -2.41. The van der Waals surface area contributed by atoms with Crippen molar-refractivity contribution in [1.82, 2.24) is 4.72 Å². The molecule has 2 aromatic carbocycles. The van der Waals surface area contributed by atoms with E-state index in [9.17, 15) is 54.2 Å². The molecule has 248 valence electrons. The van der Waals surface area contributed by atoms with Crippen LogP contribution in [0.25, 0.3) is 0 Å². The standard InChI is InChI=1S/C23H25F8N3O7S3/c1-22(2,23(24,25)26)41-21(35)33-14-6-9-20-19(10-14)34(13-15(40-20)12-32-42(36,37)16-7-8-16)43(38,39)17-4-3-5-18(11-17)44(27,28,29,30)31/h3-6,9-11,15-16,32H,7-8,12-13H2,1-2H3,(H,33,35). The van der Waals surface area contributed by atoms with Crippen molar-refractivity contribution in [2.75, 3.05) is 22.7 Å². The maximum atomic E-state index is 13.6. The summed E-state index contributed by atoms with van der Waals surface area (Å²) in [6.45, 7) is -0.105. The fourth-order valence-electron chi connectivity index (χ4n) is 3.86. The molecule has 1 amide bonds. The first kappa shape index (κ1) is 33.8. The third-order valence-corrected chi connectivity index (χ3v) is 11.3. The number of carbonyl (C=O) groups is 1. The Balaban J connectivity index is 1.71. The Bertz CT molecular complexity index is 1700. The summed E-state index contributed by atoms with van der Waals surface area (Å²) in [6, 6.07) is 3.83. The van der Waals surface area contributed by atoms with Crippen molar-refractivity contribution >= 4 is 47.7 Å². The van der Waals surface area contributed by atoms with E-state index >= 15 is 0 Å². The van der Waals surface area contributed by atoms with E-state index in [1.54, 1.807) is 0 Å². The van der Waals surface area contributed by atoms with Gasteiger partial charge in [0.05, 0.1) is 22.4 Å². The Morgan fingerprint density at radius 3 is 2.23 bits per heavy atom. The monoisotopic (exact) mass is 703 g/mol. The second kappa shape index (κ2) is 9.98. The number of sulfonamides is 2. The molecule has 1 unspecified atom stereocenters. The summed E-state index contributed by atoms with van der Waals surface area (Å²) in [5, 5.41) is 1.31. The van der Waals surface area contributed by atoms with E-state index in [1.165, 1.54) is 0 Å². The average Bonchev–Trinajstić information content (AvgIpc) is 3.71. The minimum Gasteiger partial charge on any atom is -0.485 e. The van der Waals surface area contributed by atoms with Gasteiger partial charge in [-0.25, -0.2) is 26.4 Å². The summed E-state index contributed by atoms with van der Waals surface area (Å²) >= 11 is 0. The molecular formula is C23H25F8N3O7S3. The number of hydrogen-bond acceptors (Lipinski definition) is 7. The van der Waals surface area contributed by atoms with Gasteiger partial charge >= 0.3 is 22.5 Å². The van der Waals surface area contributed by atoms with Crippen molar-refractivity contribution in [1.29, 1.82) is 0 Å². The van der Waals surface area contributed by atoms with Gasteiger partial charge in [-0.05, 0) is 63.1 Å². The summed E-state index contributed by atoms with van der Waals surface area (Å²) in [5.74, 6) is -0.297. The van der Waals surface area contributed by atoms with E-state index in [-0.39, 0.29) is 23.6 Å². The first-order valence-corrected chi connectivity index (χ1v) is 17.4. The summed E-state index contributed by atoms with van der Waals surface area (Å²) in [6.07, 6.45) is -7.05. The highest BCUT2D eigenvalue weighted by atomic mass is 32.5. The van der Waals surface area contributed by atoms with Gasteiger partial charge in [0.1, 0.15) is 16.7 Å². The number of carbonyl (C=O) groups excluding carboxylic acids is 1. The van der Waals surface area contributed by atoms with Gasteiger partial charge in [-0.1, -0.05) is 25.5 Å². The molecule has 0 aromatic heterocycles. The summed E-state index contributed by atoms with van der Waals surface area (Å²) in [5.41, 5.74) is -3.74. The minimum atomic E-state index is -10.3. The van der Waals surface area contributed by atoms with Crippen LogP contribution in [0.3, 0.4) is 0 Å². The number of benzene rings is 2. The third kappa shape index (κ3) is 7.42. The Morgan fingerprint density at radius 1 is 1.02 bits per heavy atom. The fourth-order valence-corrected chi connectivity index (χ4v) is 7.58. The van der Waals surface area contributed by atoms with Crippen LogP contribution in [0.5, 0.6) is 5.75 Å². The molecule has 4 rings (SSSR count). The van der Waals surface area contributed by atoms with Gasteiger partial charge < -0.3 is 9.47 Å². The lowest BCUT2D eigenvalue weighted by atomic mass is 10.1. The molecule has 2 N–H and O–H groups in total. The largest absolute Gasteiger partial charge is 0.485 e. The Kier molecular flexibility index (Phi) is 7.68. The zero-order valence-electron chi connectivity index (χ0n) is 22.6. The Labute approximate surface area is 246 Å². The van der Waals surface area contributed by atoms with E-state index in [2.05, 4.69) is 9.46 Å². The lowest BCUT2D eigenvalue weighted by Crippen LogP contribution is -2.48. The molecule has 1 fully saturated rings. The predicted molar refractivity (Wildman–Crippen MR) is 143 cm³/mol. The zero-order valence-corrected chi connectivity index (χ0v) is 25.0. The van der Waals surface area contributed by atoms with Crippen LogP contribution in [0.1, 0.15) is 26.7 Å². The van der Waals surface area contributed by atoms with Crippen molar-refractivity contribution in [3.63, 3.8) is 0 Å². The predicted octanol–water partition coefficient (Wildman–Crippen LogP) is 6.27. The molecular weight excluding hydrogens is 678 g/mol. The number of halogens is 8. The van der Waals surface area contributed by atoms with Gasteiger partial charge in [0.2, 0.25) is 15.6 Å². The molecule has 0 radical (unpaired) electrons. The van der Waals surface area contributed by atoms with Gasteiger partial charge in [0.25, 0.3) is 10.0 Å². The van der Waals surface area contributed by atoms with Crippen LogP contribution in [0.4, 0.5) is 48.8 Å². The molecule has 0 bridgehead atoms. The number of alkyl halides is 3. The van der Waals surface area contributed by atoms with Crippen LogP contribution in [0.15, 0.2) is 52.3 Å². The molecule has 0 saturated heterocycles. The SMILES string of the molecule is CC(C)(OC(=O)Nc1ccc2c(c1)N(S(=O)(=O)c1cccc(S(F)(F)(F)(F)F)c1)CC(CNS(=O)(=O)C1CC1)O2)C(F)(F)F. The average molecular weight is 704 g/mol. The van der Waals surface area contributed by atoms with Crippen molar-refractivity contribution < 1.29 is 63.7 Å². The van der Waals surface area contributed by atoms with E-state index in [1.807, 2.05) is 5.32 Å². The maximum absolute atomic E-state index is 13.6. The summed E-state index contributed by atoms with van der Waals surface area (Å²) in [4.78, 5) is 8.49. The number of amides is 1. The number of ether oxygens (including phenoxy) is 2. The van der Waals surface area contributed by atoms with Gasteiger partial charge in [-0.15, -0.1) is 0 Å². The normalized spacial score (nSPS) is 19.7. The maximum Gasteiger partial charge on any atom is 0.427 e. The van der Waals surface area contributed by atoms with Gasteiger partial charge in [-0.3, -0.25) is 9.62 Å². The topological polar surface area (TPSA) is 131 Å². The number of rotatable bonds is 9. The first-order valence-electron chi connectivity index (χ1n) is 12.4. The lowest BCUT2D eigenvalue weighted by molar-refractivity contribution is -0.242. The molecule has 0 spiro atoms. The molecule has 2 aromatic rings. The minimum absolute atomic E-state index is 0.000620. The number of anilines is 2. The molecule has 44 heavy (non-hydrogen) atoms. The zero-order chi connectivity index (χ0) is 33.2. The third-order valence-electron chi connectivity index (χ3n) is 6.48. The van der Waals surface area contributed by atoms with Crippen LogP contribution >= 0.6 is 10.2 Å². The van der Waals surface area contributed by atoms with Gasteiger partial charge in [-0.2, -0.15) is 13.2 Å². The van der Waals surface area contributed by atoms with Gasteiger partial charge in [0, 0.05) is 12.2 Å². The van der Waals surface area contributed by atoms with Crippen LogP contribution in [-0.2, 0) is 24.8 Å². The smallest absolute Gasteiger partial charge is 0.427 e. The fraction of sp³-hybridized carbons (Fsp3) is 0.435. The Hall–Kier alpha value is -3.04. The van der Waals surface area contributed by atoms with Crippen LogP contribution in [0.2, 0.25) is 0 Å². The molecule has 1 saturated carbocycles. The van der Waals surface area contributed by atoms with E-state index in [0.29, 0.717) is 43.1 Å². The van der Waals surface area contributed by atoms with Crippen molar-refractivity contribution in [3.8, 4) is 5.75 Å². The number of hydrogen-bond donors (Lipinski definition) is 2. The molecule has 1 atom stereocenters. The molecule has 21 heteroatoms. The van der Waals surface area contributed by atoms with E-state index in [0.717, 1.165) is 18.2 Å². The number of nitrogens with one attached hydrogen (secondary N) is 2. The van der Waals surface area contributed by atoms with Crippen LogP contribution in [0, 0.1) is 0 Å². The molecule has 10 nitrogen and oxygen atoms in total. The van der Waals surface area contributed by atoms with Crippen LogP contribution in [-0.4, -0.2) is 59.1 Å². The summed E-state index contributed by atoms with van der Waals surface area (Å²) < 4.78 is 171. The first-order chi connectivity index (χ1) is 19.7. The molecule has 1 aliphatic carbocycles. The molecule has 1 aliphatic heterocycles. The second-order valence-electron chi connectivity index (χ2n) is 10.5. The highest BCUT2D eigenvalue weighted by molar-refractivity contribution is 8.45. The van der Waals surface area contributed by atoms with Crippen molar-refractivity contribution in [3.05, 3.63) is 42.5 Å². The van der Waals surface area contributed by atoms with Gasteiger partial charge in [0.15, 0.2) is 0 Å². The molecule has 2 aliphatic rings. The highest BCUT2D eigenvalue weighted by Crippen LogP contribution is 3.02. The second-order valence-corrected chi connectivity index (χ2v) is 16.8. The number of fused-ring (bicyclic) bond motifs is 1. The summed E-state index contributed by atoms with van der Waals surface area (Å²) in [7, 11) is -19.3. The van der Waals surface area contributed by atoms with Crippen molar-refractivity contribution in [2.45, 2.75) is 59.6 Å². The highest BCUT2D eigenvalue weighted by Gasteiger charge is 2.65. The number of nitrogens with zero attached hydrogens (tertiary/aromatic N) is 1.